The first-order valence-electron chi connectivity index (χ1n) is 8.18. The number of anilines is 2. The SMILES string of the molecule is O=C(CSc1nnc(NC2CCCCC2)s1)Nc1c(Cl)cc(Cl)cc1Cl. The Morgan fingerprint density at radius 3 is 2.54 bits per heavy atom. The van der Waals surface area contributed by atoms with E-state index >= 15 is 0 Å². The quantitative estimate of drug-likeness (QED) is 0.529. The molecule has 5 nitrogen and oxygen atoms in total. The molecular formula is C16H17Cl3N4OS2. The summed E-state index contributed by atoms with van der Waals surface area (Å²) >= 11 is 20.8. The molecule has 2 aromatic rings. The van der Waals surface area contributed by atoms with Crippen molar-refractivity contribution >= 4 is 74.6 Å². The number of nitrogens with one attached hydrogen (secondary N) is 2. The standard InChI is InChI=1S/C16H17Cl3N4OS2/c17-9-6-11(18)14(12(19)7-9)21-13(24)8-25-16-23-22-15(26-16)20-10-4-2-1-3-5-10/h6-7,10H,1-5,8H2,(H,20,22)(H,21,24). The lowest BCUT2D eigenvalue weighted by atomic mass is 9.96. The van der Waals surface area contributed by atoms with Gasteiger partial charge in [0.05, 0.1) is 21.5 Å². The summed E-state index contributed by atoms with van der Waals surface area (Å²) in [7, 11) is 0. The lowest BCUT2D eigenvalue weighted by Crippen LogP contribution is -2.21. The number of halogens is 3. The smallest absolute Gasteiger partial charge is 0.234 e. The van der Waals surface area contributed by atoms with Crippen molar-refractivity contribution in [1.82, 2.24) is 10.2 Å². The van der Waals surface area contributed by atoms with E-state index in [4.69, 9.17) is 34.8 Å². The zero-order chi connectivity index (χ0) is 18.5. The van der Waals surface area contributed by atoms with Crippen LogP contribution in [0.3, 0.4) is 0 Å². The molecule has 2 N–H and O–H groups in total. The molecule has 3 rings (SSSR count). The van der Waals surface area contributed by atoms with Crippen LogP contribution in [0.2, 0.25) is 15.1 Å². The summed E-state index contributed by atoms with van der Waals surface area (Å²) in [5.41, 5.74) is 0.361. The Hall–Kier alpha value is -0.730. The normalized spacial score (nSPS) is 15.0. The van der Waals surface area contributed by atoms with Crippen LogP contribution in [0.4, 0.5) is 10.8 Å². The zero-order valence-corrected chi connectivity index (χ0v) is 17.6. The highest BCUT2D eigenvalue weighted by atomic mass is 35.5. The van der Waals surface area contributed by atoms with Crippen LogP contribution >= 0.6 is 57.9 Å². The van der Waals surface area contributed by atoms with Crippen molar-refractivity contribution in [1.29, 1.82) is 0 Å². The van der Waals surface area contributed by atoms with Gasteiger partial charge in [-0.1, -0.05) is 77.2 Å². The molecule has 0 radical (unpaired) electrons. The van der Waals surface area contributed by atoms with Crippen LogP contribution in [-0.4, -0.2) is 27.9 Å². The number of thioether (sulfide) groups is 1. The van der Waals surface area contributed by atoms with Gasteiger partial charge in [0.15, 0.2) is 4.34 Å². The van der Waals surface area contributed by atoms with Gasteiger partial charge in [0.1, 0.15) is 0 Å². The Morgan fingerprint density at radius 2 is 1.85 bits per heavy atom. The van der Waals surface area contributed by atoms with Crippen molar-refractivity contribution in [3.8, 4) is 0 Å². The molecule has 0 spiro atoms. The number of rotatable bonds is 6. The van der Waals surface area contributed by atoms with Crippen molar-refractivity contribution < 1.29 is 4.79 Å². The second-order valence-corrected chi connectivity index (χ2v) is 9.38. The van der Waals surface area contributed by atoms with Gasteiger partial charge in [-0.15, -0.1) is 10.2 Å². The van der Waals surface area contributed by atoms with Crippen LogP contribution in [0.1, 0.15) is 32.1 Å². The van der Waals surface area contributed by atoms with Crippen LogP contribution in [-0.2, 0) is 4.79 Å². The molecule has 26 heavy (non-hydrogen) atoms. The molecule has 1 heterocycles. The molecule has 1 fully saturated rings. The lowest BCUT2D eigenvalue weighted by Gasteiger charge is -2.21. The number of hydrogen-bond acceptors (Lipinski definition) is 6. The van der Waals surface area contributed by atoms with Crippen LogP contribution in [0.15, 0.2) is 16.5 Å². The van der Waals surface area contributed by atoms with E-state index in [0.717, 1.165) is 9.47 Å². The summed E-state index contributed by atoms with van der Waals surface area (Å²) in [5.74, 6) is -0.0361. The Bertz CT molecular complexity index is 758. The second-order valence-electron chi connectivity index (χ2n) is 5.93. The molecular weight excluding hydrogens is 435 g/mol. The van der Waals surface area contributed by atoms with Crippen molar-refractivity contribution in [2.75, 3.05) is 16.4 Å². The van der Waals surface area contributed by atoms with Crippen LogP contribution in [0, 0.1) is 0 Å². The summed E-state index contributed by atoms with van der Waals surface area (Å²) < 4.78 is 0.742. The summed E-state index contributed by atoms with van der Waals surface area (Å²) in [5, 5.41) is 16.3. The van der Waals surface area contributed by atoms with Crippen molar-refractivity contribution in [3.63, 3.8) is 0 Å². The highest BCUT2D eigenvalue weighted by Crippen LogP contribution is 2.34. The number of nitrogens with zero attached hydrogens (tertiary/aromatic N) is 2. The molecule has 140 valence electrons. The highest BCUT2D eigenvalue weighted by Gasteiger charge is 2.16. The molecule has 0 atom stereocenters. The minimum Gasteiger partial charge on any atom is -0.357 e. The number of carbonyl (C=O) groups excluding carboxylic acids is 1. The van der Waals surface area contributed by atoms with Crippen molar-refractivity contribution in [2.45, 2.75) is 42.5 Å². The summed E-state index contributed by atoms with van der Waals surface area (Å²) in [4.78, 5) is 12.2. The first-order valence-corrected chi connectivity index (χ1v) is 11.1. The fourth-order valence-corrected chi connectivity index (χ4v) is 5.25. The summed E-state index contributed by atoms with van der Waals surface area (Å²) in [6, 6.07) is 3.55. The van der Waals surface area contributed by atoms with Gasteiger partial charge < -0.3 is 10.6 Å². The van der Waals surface area contributed by atoms with Gasteiger partial charge in [0, 0.05) is 11.1 Å². The molecule has 10 heteroatoms. The average molecular weight is 452 g/mol. The molecule has 0 saturated heterocycles. The first-order chi connectivity index (χ1) is 12.5. The number of hydrogen-bond donors (Lipinski definition) is 2. The maximum Gasteiger partial charge on any atom is 0.234 e. The number of aromatic nitrogens is 2. The Morgan fingerprint density at radius 1 is 1.15 bits per heavy atom. The van der Waals surface area contributed by atoms with Gasteiger partial charge in [-0.25, -0.2) is 0 Å². The van der Waals surface area contributed by atoms with E-state index in [1.54, 1.807) is 0 Å². The predicted octanol–water partition coefficient (Wildman–Crippen LogP) is 5.97. The van der Waals surface area contributed by atoms with Gasteiger partial charge in [-0.3, -0.25) is 4.79 Å². The molecule has 1 aromatic carbocycles. The van der Waals surface area contributed by atoms with Crippen LogP contribution < -0.4 is 10.6 Å². The van der Waals surface area contributed by atoms with Gasteiger partial charge in [-0.05, 0) is 25.0 Å². The minimum atomic E-state index is -0.224. The molecule has 1 aromatic heterocycles. The molecule has 1 aliphatic rings. The lowest BCUT2D eigenvalue weighted by molar-refractivity contribution is -0.113. The molecule has 0 aliphatic heterocycles. The molecule has 1 saturated carbocycles. The Kier molecular flexibility index (Phi) is 7.28. The van der Waals surface area contributed by atoms with E-state index in [2.05, 4.69) is 20.8 Å². The van der Waals surface area contributed by atoms with E-state index in [1.807, 2.05) is 0 Å². The number of carbonyl (C=O) groups is 1. The highest BCUT2D eigenvalue weighted by molar-refractivity contribution is 8.01. The monoisotopic (exact) mass is 450 g/mol. The van der Waals surface area contributed by atoms with Gasteiger partial charge >= 0.3 is 0 Å². The van der Waals surface area contributed by atoms with Crippen molar-refractivity contribution in [2.24, 2.45) is 0 Å². The molecule has 0 bridgehead atoms. The second kappa shape index (κ2) is 9.46. The average Bonchev–Trinajstić information content (AvgIpc) is 3.04. The number of benzene rings is 1. The van der Waals surface area contributed by atoms with Gasteiger partial charge in [0.25, 0.3) is 0 Å². The van der Waals surface area contributed by atoms with E-state index in [0.29, 0.717) is 26.8 Å². The minimum absolute atomic E-state index is 0.188. The predicted molar refractivity (Wildman–Crippen MR) is 111 cm³/mol. The van der Waals surface area contributed by atoms with Crippen LogP contribution in [0.25, 0.3) is 0 Å². The van der Waals surface area contributed by atoms with Crippen molar-refractivity contribution in [3.05, 3.63) is 27.2 Å². The van der Waals surface area contributed by atoms with Gasteiger partial charge in [0.2, 0.25) is 11.0 Å². The third kappa shape index (κ3) is 5.63. The van der Waals surface area contributed by atoms with E-state index < -0.39 is 0 Å². The first kappa shape index (κ1) is 20.0. The molecule has 0 unspecified atom stereocenters. The molecule has 1 aliphatic carbocycles. The van der Waals surface area contributed by atoms with E-state index in [-0.39, 0.29) is 11.7 Å². The van der Waals surface area contributed by atoms with Gasteiger partial charge in [-0.2, -0.15) is 0 Å². The fraction of sp³-hybridized carbons (Fsp3) is 0.438. The van der Waals surface area contributed by atoms with E-state index in [1.165, 1.54) is 67.3 Å². The largest absolute Gasteiger partial charge is 0.357 e. The van der Waals surface area contributed by atoms with E-state index in [9.17, 15) is 4.79 Å². The summed E-state index contributed by atoms with van der Waals surface area (Å²) in [6.45, 7) is 0. The fourth-order valence-electron chi connectivity index (χ4n) is 2.71. The Balaban J connectivity index is 1.50. The maximum absolute atomic E-state index is 12.2. The third-order valence-electron chi connectivity index (χ3n) is 3.94. The number of amides is 1. The third-order valence-corrected chi connectivity index (χ3v) is 6.74. The summed E-state index contributed by atoms with van der Waals surface area (Å²) in [6.07, 6.45) is 6.18. The zero-order valence-electron chi connectivity index (χ0n) is 13.7. The maximum atomic E-state index is 12.2. The Labute approximate surface area is 175 Å². The topological polar surface area (TPSA) is 66.9 Å². The molecule has 1 amide bonds. The van der Waals surface area contributed by atoms with Crippen LogP contribution in [0.5, 0.6) is 0 Å².